The summed E-state index contributed by atoms with van der Waals surface area (Å²) >= 11 is 0. The zero-order valence-electron chi connectivity index (χ0n) is 14.3. The van der Waals surface area contributed by atoms with Crippen molar-refractivity contribution < 1.29 is 15.0 Å². The lowest BCUT2D eigenvalue weighted by atomic mass is 9.54. The van der Waals surface area contributed by atoms with Gasteiger partial charge in [-0.1, -0.05) is 32.1 Å². The number of rotatable bonds is 3. The normalized spacial score (nSPS) is 43.6. The molecule has 0 saturated heterocycles. The lowest BCUT2D eigenvalue weighted by molar-refractivity contribution is -0.188. The summed E-state index contributed by atoms with van der Waals surface area (Å²) in [5, 5.41) is 21.5. The minimum Gasteiger partial charge on any atom is -0.479 e. The number of hydrogen-bond acceptors (Lipinski definition) is 2. The van der Waals surface area contributed by atoms with Gasteiger partial charge in [-0.05, 0) is 74.5 Å². The highest BCUT2D eigenvalue weighted by atomic mass is 16.4. The summed E-state index contributed by atoms with van der Waals surface area (Å²) in [7, 11) is 0. The second-order valence-corrected chi connectivity index (χ2v) is 8.92. The Balaban J connectivity index is 1.64. The Labute approximate surface area is 139 Å². The monoisotopic (exact) mass is 320 g/mol. The van der Waals surface area contributed by atoms with Crippen molar-refractivity contribution in [1.82, 2.24) is 0 Å². The van der Waals surface area contributed by atoms with E-state index in [4.69, 9.17) is 0 Å². The molecular weight excluding hydrogens is 288 g/mol. The van der Waals surface area contributed by atoms with Crippen LogP contribution in [0.4, 0.5) is 0 Å². The van der Waals surface area contributed by atoms with Crippen LogP contribution in [0.25, 0.3) is 0 Å². The maximum absolute atomic E-state index is 12.2. The van der Waals surface area contributed by atoms with E-state index in [1.807, 2.05) is 0 Å². The molecule has 0 aromatic carbocycles. The second kappa shape index (κ2) is 6.06. The number of carboxylic acids is 1. The Morgan fingerprint density at radius 1 is 0.783 bits per heavy atom. The summed E-state index contributed by atoms with van der Waals surface area (Å²) < 4.78 is 0. The Hall–Kier alpha value is -0.570. The van der Waals surface area contributed by atoms with Gasteiger partial charge >= 0.3 is 5.97 Å². The Morgan fingerprint density at radius 2 is 1.43 bits per heavy atom. The molecular formula is C20H32O3. The van der Waals surface area contributed by atoms with Gasteiger partial charge in [-0.3, -0.25) is 0 Å². The number of aliphatic carboxylic acids is 1. The smallest absolute Gasteiger partial charge is 0.336 e. The molecule has 0 unspecified atom stereocenters. The SMILES string of the molecule is O=C(O)[C@](O)(C1CCCCC1)[C@H]1CC[C@@H]2CC[C@H]3CCC[C@H]1[C@@H]32. The van der Waals surface area contributed by atoms with Crippen LogP contribution in [0, 0.1) is 35.5 Å². The van der Waals surface area contributed by atoms with Crippen LogP contribution in [0.15, 0.2) is 0 Å². The molecule has 23 heavy (non-hydrogen) atoms. The van der Waals surface area contributed by atoms with Gasteiger partial charge in [0, 0.05) is 5.92 Å². The fourth-order valence-corrected chi connectivity index (χ4v) is 7.18. The highest BCUT2D eigenvalue weighted by Crippen LogP contribution is 2.59. The van der Waals surface area contributed by atoms with Crippen LogP contribution >= 0.6 is 0 Å². The minimum atomic E-state index is -1.46. The van der Waals surface area contributed by atoms with Crippen molar-refractivity contribution in [3.05, 3.63) is 0 Å². The molecule has 4 aliphatic rings. The molecule has 0 heterocycles. The molecule has 3 heteroatoms. The molecule has 0 aliphatic heterocycles. The first-order valence-corrected chi connectivity index (χ1v) is 10.1. The lowest BCUT2D eigenvalue weighted by Crippen LogP contribution is -2.58. The van der Waals surface area contributed by atoms with Gasteiger partial charge in [0.25, 0.3) is 0 Å². The van der Waals surface area contributed by atoms with Crippen molar-refractivity contribution in [3.8, 4) is 0 Å². The van der Waals surface area contributed by atoms with E-state index in [1.54, 1.807) is 0 Å². The molecule has 4 saturated carbocycles. The van der Waals surface area contributed by atoms with Crippen molar-refractivity contribution in [3.63, 3.8) is 0 Å². The molecule has 130 valence electrons. The van der Waals surface area contributed by atoms with E-state index < -0.39 is 11.6 Å². The first-order chi connectivity index (χ1) is 11.1. The van der Waals surface area contributed by atoms with Gasteiger partial charge in [0.15, 0.2) is 5.60 Å². The van der Waals surface area contributed by atoms with E-state index >= 15 is 0 Å². The Kier molecular flexibility index (Phi) is 4.19. The Morgan fingerprint density at radius 3 is 2.13 bits per heavy atom. The standard InChI is InChI=1S/C20H32O3/c21-19(22)20(23,15-6-2-1-3-7-15)17-12-11-14-10-9-13-5-4-8-16(17)18(13)14/h13-18,23H,1-12H2,(H,21,22)/t13-,14+,16-,17+,18+,20+/m1/s1. The van der Waals surface area contributed by atoms with Crippen LogP contribution in [0.5, 0.6) is 0 Å². The van der Waals surface area contributed by atoms with E-state index in [2.05, 4.69) is 0 Å². The van der Waals surface area contributed by atoms with Crippen LogP contribution in [-0.2, 0) is 4.79 Å². The molecule has 4 aliphatic carbocycles. The highest BCUT2D eigenvalue weighted by Gasteiger charge is 2.58. The minimum absolute atomic E-state index is 0.00486. The summed E-state index contributed by atoms with van der Waals surface area (Å²) in [5.74, 6) is 1.90. The van der Waals surface area contributed by atoms with Crippen LogP contribution < -0.4 is 0 Å². The first kappa shape index (κ1) is 15.9. The van der Waals surface area contributed by atoms with E-state index in [9.17, 15) is 15.0 Å². The maximum atomic E-state index is 12.2. The van der Waals surface area contributed by atoms with Crippen LogP contribution in [0.1, 0.15) is 77.0 Å². The zero-order chi connectivity index (χ0) is 16.0. The largest absolute Gasteiger partial charge is 0.479 e. The molecule has 4 fully saturated rings. The maximum Gasteiger partial charge on any atom is 0.336 e. The van der Waals surface area contributed by atoms with Gasteiger partial charge in [0.1, 0.15) is 0 Å². The molecule has 0 bridgehead atoms. The number of hydrogen-bond donors (Lipinski definition) is 2. The third kappa shape index (κ3) is 2.45. The predicted octanol–water partition coefficient (Wildman–Crippen LogP) is 4.23. The van der Waals surface area contributed by atoms with E-state index in [-0.39, 0.29) is 11.8 Å². The molecule has 0 amide bonds. The van der Waals surface area contributed by atoms with Gasteiger partial charge < -0.3 is 10.2 Å². The molecule has 2 N–H and O–H groups in total. The van der Waals surface area contributed by atoms with Gasteiger partial charge in [0.2, 0.25) is 0 Å². The molecule has 0 aromatic rings. The fourth-order valence-electron chi connectivity index (χ4n) is 7.18. The third-order valence-corrected chi connectivity index (χ3v) is 8.10. The molecule has 0 spiro atoms. The summed E-state index contributed by atoms with van der Waals surface area (Å²) in [6, 6.07) is 0. The molecule has 6 atom stereocenters. The summed E-state index contributed by atoms with van der Waals surface area (Å²) in [5.41, 5.74) is -1.46. The van der Waals surface area contributed by atoms with Gasteiger partial charge in [-0.2, -0.15) is 0 Å². The van der Waals surface area contributed by atoms with Crippen molar-refractivity contribution in [2.75, 3.05) is 0 Å². The van der Waals surface area contributed by atoms with Crippen molar-refractivity contribution >= 4 is 5.97 Å². The lowest BCUT2D eigenvalue weighted by Gasteiger charge is -2.52. The van der Waals surface area contributed by atoms with E-state index in [0.29, 0.717) is 5.92 Å². The summed E-state index contributed by atoms with van der Waals surface area (Å²) in [6.45, 7) is 0. The van der Waals surface area contributed by atoms with E-state index in [0.717, 1.165) is 62.7 Å². The quantitative estimate of drug-likeness (QED) is 0.818. The zero-order valence-corrected chi connectivity index (χ0v) is 14.3. The van der Waals surface area contributed by atoms with Crippen molar-refractivity contribution in [1.29, 1.82) is 0 Å². The topological polar surface area (TPSA) is 57.5 Å². The third-order valence-electron chi connectivity index (χ3n) is 8.10. The molecule has 0 radical (unpaired) electrons. The van der Waals surface area contributed by atoms with Gasteiger partial charge in [-0.25, -0.2) is 4.79 Å². The Bertz CT molecular complexity index is 450. The second-order valence-electron chi connectivity index (χ2n) is 8.92. The van der Waals surface area contributed by atoms with Crippen LogP contribution in [0.3, 0.4) is 0 Å². The predicted molar refractivity (Wildman–Crippen MR) is 88.9 cm³/mol. The molecule has 0 aromatic heterocycles. The average Bonchev–Trinajstić information content (AvgIpc) is 3.00. The number of aliphatic hydroxyl groups is 1. The van der Waals surface area contributed by atoms with Crippen LogP contribution in [-0.4, -0.2) is 21.8 Å². The highest BCUT2D eigenvalue weighted by molar-refractivity contribution is 5.78. The van der Waals surface area contributed by atoms with Gasteiger partial charge in [-0.15, -0.1) is 0 Å². The fraction of sp³-hybridized carbons (Fsp3) is 0.950. The van der Waals surface area contributed by atoms with Crippen LogP contribution in [0.2, 0.25) is 0 Å². The van der Waals surface area contributed by atoms with Crippen molar-refractivity contribution in [2.24, 2.45) is 35.5 Å². The number of carboxylic acid groups (broad SMARTS) is 1. The summed E-state index contributed by atoms with van der Waals surface area (Å²) in [6.07, 6.45) is 13.8. The number of carbonyl (C=O) groups is 1. The molecule has 4 rings (SSSR count). The summed E-state index contributed by atoms with van der Waals surface area (Å²) in [4.78, 5) is 12.2. The van der Waals surface area contributed by atoms with Gasteiger partial charge in [0.05, 0.1) is 0 Å². The first-order valence-electron chi connectivity index (χ1n) is 10.1. The van der Waals surface area contributed by atoms with E-state index in [1.165, 1.54) is 32.1 Å². The average molecular weight is 320 g/mol. The molecule has 3 nitrogen and oxygen atoms in total. The van der Waals surface area contributed by atoms with Crippen molar-refractivity contribution in [2.45, 2.75) is 82.7 Å².